The van der Waals surface area contributed by atoms with Crippen LogP contribution >= 0.6 is 0 Å². The highest BCUT2D eigenvalue weighted by Gasteiger charge is 2.29. The molecule has 0 radical (unpaired) electrons. The molecule has 10 nitrogen and oxygen atoms in total. The van der Waals surface area contributed by atoms with Gasteiger partial charge in [0.2, 0.25) is 5.91 Å². The molecule has 1 heterocycles. The van der Waals surface area contributed by atoms with Gasteiger partial charge < -0.3 is 25.8 Å². The molecule has 1 aliphatic carbocycles. The molecule has 1 saturated heterocycles. The Kier molecular flexibility index (Phi) is 9.44. The summed E-state index contributed by atoms with van der Waals surface area (Å²) in [4.78, 5) is 35.1. The summed E-state index contributed by atoms with van der Waals surface area (Å²) in [6.07, 6.45) is 5.21. The number of carbonyl (C=O) groups excluding carboxylic acids is 2. The zero-order valence-electron chi connectivity index (χ0n) is 18.8. The summed E-state index contributed by atoms with van der Waals surface area (Å²) in [7, 11) is 0. The summed E-state index contributed by atoms with van der Waals surface area (Å²) in [5.41, 5.74) is 0.579. The van der Waals surface area contributed by atoms with Crippen molar-refractivity contribution in [2.75, 3.05) is 13.1 Å². The first kappa shape index (κ1) is 24.9. The molecule has 2 fully saturated rings. The van der Waals surface area contributed by atoms with Crippen molar-refractivity contribution in [2.24, 2.45) is 5.92 Å². The normalized spacial score (nSPS) is 20.6. The van der Waals surface area contributed by atoms with Gasteiger partial charge in [0.05, 0.1) is 23.5 Å². The van der Waals surface area contributed by atoms with Gasteiger partial charge in [0.25, 0.3) is 5.69 Å². The Morgan fingerprint density at radius 1 is 1.18 bits per heavy atom. The van der Waals surface area contributed by atoms with Crippen molar-refractivity contribution in [3.8, 4) is 0 Å². The Hall–Kier alpha value is -2.72. The number of non-ortho nitro benzene ring substituents is 1. The number of nitrogens with zero attached hydrogens (tertiary/aromatic N) is 1. The first-order valence-corrected chi connectivity index (χ1v) is 11.8. The molecule has 2 unspecified atom stereocenters. The van der Waals surface area contributed by atoms with E-state index in [1.165, 1.54) is 30.7 Å². The van der Waals surface area contributed by atoms with Crippen molar-refractivity contribution < 1.29 is 24.4 Å². The monoisotopic (exact) mass is 462 g/mol. The maximum atomic E-state index is 12.5. The molecule has 182 valence electrons. The maximum absolute atomic E-state index is 12.5. The van der Waals surface area contributed by atoms with Crippen LogP contribution in [-0.4, -0.2) is 53.3 Å². The molecule has 1 aromatic carbocycles. The predicted octanol–water partition coefficient (Wildman–Crippen LogP) is 2.39. The van der Waals surface area contributed by atoms with Crippen LogP contribution in [0.25, 0.3) is 0 Å². The highest BCUT2D eigenvalue weighted by molar-refractivity contribution is 5.77. The summed E-state index contributed by atoms with van der Waals surface area (Å²) in [6, 6.07) is 5.24. The molecule has 10 heteroatoms. The topological polar surface area (TPSA) is 143 Å². The quantitative estimate of drug-likeness (QED) is 0.309. The van der Waals surface area contributed by atoms with Crippen molar-refractivity contribution in [1.82, 2.24) is 16.0 Å². The molecule has 3 rings (SSSR count). The SMILES string of the molecule is O=C(CC(O)C(CC1CCCCC1)NC(=O)OCc1ccc([N+](=O)[O-])cc1)N[C@H]1CCNC1. The summed E-state index contributed by atoms with van der Waals surface area (Å²) in [5, 5.41) is 30.4. The van der Waals surface area contributed by atoms with E-state index in [4.69, 9.17) is 4.74 Å². The van der Waals surface area contributed by atoms with E-state index < -0.39 is 23.2 Å². The highest BCUT2D eigenvalue weighted by Crippen LogP contribution is 2.28. The molecule has 1 aromatic rings. The van der Waals surface area contributed by atoms with Gasteiger partial charge in [-0.2, -0.15) is 0 Å². The van der Waals surface area contributed by atoms with Crippen molar-refractivity contribution in [1.29, 1.82) is 0 Å². The molecule has 0 bridgehead atoms. The van der Waals surface area contributed by atoms with Crippen LogP contribution in [0.4, 0.5) is 10.5 Å². The Morgan fingerprint density at radius 3 is 2.55 bits per heavy atom. The van der Waals surface area contributed by atoms with Crippen molar-refractivity contribution in [3.05, 3.63) is 39.9 Å². The van der Waals surface area contributed by atoms with Crippen LogP contribution < -0.4 is 16.0 Å². The molecular formula is C23H34N4O6. The van der Waals surface area contributed by atoms with E-state index in [0.717, 1.165) is 45.2 Å². The molecule has 2 aliphatic rings. The van der Waals surface area contributed by atoms with Gasteiger partial charge in [0.15, 0.2) is 0 Å². The van der Waals surface area contributed by atoms with E-state index in [1.807, 2.05) is 0 Å². The van der Waals surface area contributed by atoms with Gasteiger partial charge in [0, 0.05) is 24.7 Å². The summed E-state index contributed by atoms with van der Waals surface area (Å²) in [6.45, 7) is 1.53. The lowest BCUT2D eigenvalue weighted by atomic mass is 9.83. The van der Waals surface area contributed by atoms with Gasteiger partial charge in [-0.15, -0.1) is 0 Å². The first-order valence-electron chi connectivity index (χ1n) is 11.8. The van der Waals surface area contributed by atoms with E-state index in [2.05, 4.69) is 16.0 Å². The molecule has 0 spiro atoms. The van der Waals surface area contributed by atoms with Crippen LogP contribution in [0.2, 0.25) is 0 Å². The van der Waals surface area contributed by atoms with E-state index in [-0.39, 0.29) is 30.7 Å². The van der Waals surface area contributed by atoms with Gasteiger partial charge in [-0.05, 0) is 43.0 Å². The van der Waals surface area contributed by atoms with Crippen LogP contribution in [0.5, 0.6) is 0 Å². The molecule has 4 N–H and O–H groups in total. The number of rotatable bonds is 10. The van der Waals surface area contributed by atoms with Gasteiger partial charge in [-0.25, -0.2) is 4.79 Å². The molecule has 3 atom stereocenters. The number of ether oxygens (including phenoxy) is 1. The molecule has 33 heavy (non-hydrogen) atoms. The van der Waals surface area contributed by atoms with Crippen molar-refractivity contribution >= 4 is 17.7 Å². The van der Waals surface area contributed by atoms with Crippen LogP contribution in [0.3, 0.4) is 0 Å². The summed E-state index contributed by atoms with van der Waals surface area (Å²) < 4.78 is 5.27. The average Bonchev–Trinajstić information content (AvgIpc) is 3.31. The third-order valence-electron chi connectivity index (χ3n) is 6.42. The Balaban J connectivity index is 1.53. The maximum Gasteiger partial charge on any atom is 0.407 e. The molecular weight excluding hydrogens is 428 g/mol. The van der Waals surface area contributed by atoms with E-state index >= 15 is 0 Å². The minimum Gasteiger partial charge on any atom is -0.445 e. The predicted molar refractivity (Wildman–Crippen MR) is 121 cm³/mol. The molecule has 0 aromatic heterocycles. The second-order valence-corrected chi connectivity index (χ2v) is 9.02. The minimum absolute atomic E-state index is 0.0365. The second-order valence-electron chi connectivity index (χ2n) is 9.02. The number of amides is 2. The first-order chi connectivity index (χ1) is 15.9. The van der Waals surface area contributed by atoms with Crippen molar-refractivity contribution in [3.63, 3.8) is 0 Å². The number of nitro benzene ring substituents is 1. The number of hydrogen-bond donors (Lipinski definition) is 4. The van der Waals surface area contributed by atoms with Gasteiger partial charge in [0.1, 0.15) is 6.61 Å². The standard InChI is InChI=1S/C23H34N4O6/c28-21(13-22(29)25-18-10-11-24-14-18)20(12-16-4-2-1-3-5-16)26-23(30)33-15-17-6-8-19(9-7-17)27(31)32/h6-9,16,18,20-21,24,28H,1-5,10-15H2,(H,25,29)(H,26,30)/t18-,20?,21?/m0/s1. The van der Waals surface area contributed by atoms with Crippen LogP contribution in [-0.2, 0) is 16.1 Å². The van der Waals surface area contributed by atoms with Crippen LogP contribution in [0.15, 0.2) is 24.3 Å². The van der Waals surface area contributed by atoms with E-state index in [1.54, 1.807) is 0 Å². The number of carbonyl (C=O) groups is 2. The summed E-state index contributed by atoms with van der Waals surface area (Å²) in [5.74, 6) is 0.154. The second kappa shape index (κ2) is 12.5. The zero-order valence-corrected chi connectivity index (χ0v) is 18.8. The Bertz CT molecular complexity index is 791. The largest absolute Gasteiger partial charge is 0.445 e. The number of alkyl carbamates (subject to hydrolysis) is 1. The molecule has 1 saturated carbocycles. The number of benzene rings is 1. The van der Waals surface area contributed by atoms with Gasteiger partial charge in [-0.3, -0.25) is 14.9 Å². The zero-order chi connectivity index (χ0) is 23.6. The third-order valence-corrected chi connectivity index (χ3v) is 6.42. The number of aliphatic hydroxyl groups is 1. The lowest BCUT2D eigenvalue weighted by Crippen LogP contribution is -2.47. The highest BCUT2D eigenvalue weighted by atomic mass is 16.6. The number of aliphatic hydroxyl groups excluding tert-OH is 1. The van der Waals surface area contributed by atoms with Gasteiger partial charge >= 0.3 is 6.09 Å². The van der Waals surface area contributed by atoms with E-state index in [0.29, 0.717) is 17.9 Å². The fraction of sp³-hybridized carbons (Fsp3) is 0.652. The van der Waals surface area contributed by atoms with Crippen LogP contribution in [0, 0.1) is 16.0 Å². The number of nitrogens with one attached hydrogen (secondary N) is 3. The average molecular weight is 463 g/mol. The summed E-state index contributed by atoms with van der Waals surface area (Å²) >= 11 is 0. The Morgan fingerprint density at radius 2 is 1.91 bits per heavy atom. The van der Waals surface area contributed by atoms with E-state index in [9.17, 15) is 24.8 Å². The third kappa shape index (κ3) is 8.29. The Labute approximate surface area is 193 Å². The number of nitro groups is 1. The fourth-order valence-electron chi connectivity index (χ4n) is 4.55. The number of hydrogen-bond acceptors (Lipinski definition) is 7. The lowest BCUT2D eigenvalue weighted by Gasteiger charge is -2.30. The van der Waals surface area contributed by atoms with Crippen molar-refractivity contribution in [2.45, 2.75) is 76.2 Å². The van der Waals surface area contributed by atoms with Crippen LogP contribution in [0.1, 0.15) is 56.9 Å². The fourth-order valence-corrected chi connectivity index (χ4v) is 4.55. The molecule has 2 amide bonds. The molecule has 1 aliphatic heterocycles. The lowest BCUT2D eigenvalue weighted by molar-refractivity contribution is -0.384. The smallest absolute Gasteiger partial charge is 0.407 e. The minimum atomic E-state index is -1.02. The van der Waals surface area contributed by atoms with Gasteiger partial charge in [-0.1, -0.05) is 32.1 Å².